The number of hydrogen-bond acceptors (Lipinski definition) is 1. The fourth-order valence-corrected chi connectivity index (χ4v) is 14.6. The zero-order valence-corrected chi connectivity index (χ0v) is 49.4. The van der Waals surface area contributed by atoms with Gasteiger partial charge in [-0.2, -0.15) is 0 Å². The molecule has 0 amide bonds. The van der Waals surface area contributed by atoms with Crippen LogP contribution in [-0.4, -0.2) is 0 Å². The summed E-state index contributed by atoms with van der Waals surface area (Å²) < 4.78 is 0. The third-order valence-corrected chi connectivity index (χ3v) is 19.1. The van der Waals surface area contributed by atoms with E-state index in [9.17, 15) is 0 Å². The van der Waals surface area contributed by atoms with Crippen molar-refractivity contribution in [2.24, 2.45) is 0 Å². The molecule has 0 saturated carbocycles. The summed E-state index contributed by atoms with van der Waals surface area (Å²) in [7, 11) is 0. The van der Waals surface area contributed by atoms with Gasteiger partial charge in [0.25, 0.3) is 0 Å². The average molecular weight is 1020 g/mol. The maximum atomic E-state index is 2.64. The number of benzene rings is 8. The Morgan fingerprint density at radius 3 is 1.38 bits per heavy atom. The van der Waals surface area contributed by atoms with E-state index < -0.39 is 5.41 Å². The van der Waals surface area contributed by atoms with Crippen LogP contribution in [0.25, 0.3) is 50.1 Å². The van der Waals surface area contributed by atoms with Gasteiger partial charge in [0.2, 0.25) is 0 Å². The number of hydrogen-bond donors (Lipinski definition) is 0. The van der Waals surface area contributed by atoms with Crippen LogP contribution >= 0.6 is 0 Å². The molecule has 0 aliphatic heterocycles. The van der Waals surface area contributed by atoms with E-state index >= 15 is 0 Å². The smallest absolute Gasteiger partial charge is 0.0726 e. The minimum atomic E-state index is -0.549. The van der Waals surface area contributed by atoms with Gasteiger partial charge in [-0.1, -0.05) is 232 Å². The Hall–Kier alpha value is -6.96. The van der Waals surface area contributed by atoms with Crippen molar-refractivity contribution in [3.05, 3.63) is 236 Å². The van der Waals surface area contributed by atoms with Gasteiger partial charge in [-0.15, -0.1) is 0 Å². The number of nitrogens with zero attached hydrogens (tertiary/aromatic N) is 1. The third-order valence-electron chi connectivity index (χ3n) is 19.1. The molecular weight excluding hydrogens is 939 g/mol. The van der Waals surface area contributed by atoms with Crippen LogP contribution < -0.4 is 4.90 Å². The standard InChI is InChI=1S/C77H79N/c1-71(2,3)47-28-33-58-59-34-29-48(72(4,5)6)41-67(59)77(66(58)40-47)68-42-49(73(7,8)9)30-35-60(68)70-61(39-50(43-69(70)77)74(10,11)12)46-22-21-23-51(38-46)78(52-31-36-56-54-24-17-19-26-62(54)75(13,14)64(56)44-52)53-32-37-57-55-25-18-20-27-63(55)76(15,16)65(57)45-53/h17,19,21-45H,18,20H2,1-16H3. The molecule has 5 aliphatic carbocycles. The molecule has 1 spiro atoms. The molecule has 0 unspecified atom stereocenters. The molecule has 0 N–H and O–H groups in total. The summed E-state index contributed by atoms with van der Waals surface area (Å²) in [5.41, 5.74) is 32.6. The molecule has 1 nitrogen and oxygen atoms in total. The van der Waals surface area contributed by atoms with Gasteiger partial charge < -0.3 is 4.90 Å². The van der Waals surface area contributed by atoms with E-state index in [0.717, 1.165) is 18.5 Å². The van der Waals surface area contributed by atoms with Crippen LogP contribution in [0, 0.1) is 0 Å². The van der Waals surface area contributed by atoms with Crippen molar-refractivity contribution in [1.82, 2.24) is 0 Å². The Balaban J connectivity index is 1.10. The monoisotopic (exact) mass is 1020 g/mol. The van der Waals surface area contributed by atoms with Crippen LogP contribution in [0.2, 0.25) is 0 Å². The largest absolute Gasteiger partial charge is 0.310 e. The van der Waals surface area contributed by atoms with Crippen molar-refractivity contribution in [2.75, 3.05) is 4.90 Å². The van der Waals surface area contributed by atoms with Crippen LogP contribution in [0.5, 0.6) is 0 Å². The SMILES string of the molecule is CC(C)(C)c1ccc2c(c1)C1(c3cc(C(C)(C)C)ccc3-2)c2cc(C(C)(C)C)ccc2-c2c(-c3cccc(N(c4ccc5c(c4)C(C)(C)C4=CCCC=C45)c4ccc5c(c4)C(C)(C)c4ccccc4-5)c3)cc(C(C)(C)C)cc21. The van der Waals surface area contributed by atoms with Crippen molar-refractivity contribution in [2.45, 2.75) is 162 Å². The fourth-order valence-electron chi connectivity index (χ4n) is 14.6. The normalized spacial score (nSPS) is 16.8. The highest BCUT2D eigenvalue weighted by atomic mass is 15.1. The molecule has 0 bridgehead atoms. The van der Waals surface area contributed by atoms with E-state index in [1.165, 1.54) is 134 Å². The maximum Gasteiger partial charge on any atom is 0.0726 e. The Morgan fingerprint density at radius 1 is 0.333 bits per heavy atom. The van der Waals surface area contributed by atoms with Crippen LogP contribution in [0.1, 0.15) is 190 Å². The molecule has 78 heavy (non-hydrogen) atoms. The second kappa shape index (κ2) is 16.5. The molecule has 392 valence electrons. The molecule has 13 rings (SSSR count). The van der Waals surface area contributed by atoms with Gasteiger partial charge in [-0.3, -0.25) is 0 Å². The molecule has 0 aromatic heterocycles. The van der Waals surface area contributed by atoms with E-state index in [4.69, 9.17) is 0 Å². The summed E-state index contributed by atoms with van der Waals surface area (Å²) in [6.45, 7) is 38.2. The summed E-state index contributed by atoms with van der Waals surface area (Å²) >= 11 is 0. The van der Waals surface area contributed by atoms with Gasteiger partial charge >= 0.3 is 0 Å². The topological polar surface area (TPSA) is 3.24 Å². The van der Waals surface area contributed by atoms with Gasteiger partial charge in [0.05, 0.1) is 5.41 Å². The lowest BCUT2D eigenvalue weighted by Gasteiger charge is -2.34. The van der Waals surface area contributed by atoms with Crippen molar-refractivity contribution >= 4 is 22.6 Å². The van der Waals surface area contributed by atoms with Gasteiger partial charge in [-0.05, 0) is 199 Å². The molecule has 0 saturated heterocycles. The van der Waals surface area contributed by atoms with Gasteiger partial charge in [0.15, 0.2) is 0 Å². The lowest BCUT2D eigenvalue weighted by atomic mass is 9.67. The van der Waals surface area contributed by atoms with Crippen molar-refractivity contribution in [1.29, 1.82) is 0 Å². The molecule has 5 aliphatic rings. The second-order valence-corrected chi connectivity index (χ2v) is 28.9. The zero-order valence-electron chi connectivity index (χ0n) is 49.4. The first-order valence-electron chi connectivity index (χ1n) is 29.1. The summed E-state index contributed by atoms with van der Waals surface area (Å²) in [4.78, 5) is 2.56. The maximum absolute atomic E-state index is 2.64. The highest BCUT2D eigenvalue weighted by Crippen LogP contribution is 2.66. The molecule has 1 heteroatoms. The summed E-state index contributed by atoms with van der Waals surface area (Å²) in [5.74, 6) is 0. The lowest BCUT2D eigenvalue weighted by molar-refractivity contribution is 0.583. The van der Waals surface area contributed by atoms with Gasteiger partial charge in [-0.25, -0.2) is 0 Å². The van der Waals surface area contributed by atoms with Crippen molar-refractivity contribution in [3.63, 3.8) is 0 Å². The van der Waals surface area contributed by atoms with E-state index in [0.29, 0.717) is 0 Å². The number of fused-ring (bicyclic) bond motifs is 16. The lowest BCUT2D eigenvalue weighted by Crippen LogP contribution is -2.28. The van der Waals surface area contributed by atoms with Crippen LogP contribution in [0.15, 0.2) is 169 Å². The predicted molar refractivity (Wildman–Crippen MR) is 334 cm³/mol. The number of allylic oxidation sites excluding steroid dienone is 4. The number of rotatable bonds is 4. The highest BCUT2D eigenvalue weighted by molar-refractivity contribution is 6.01. The summed E-state index contributed by atoms with van der Waals surface area (Å²) in [6.07, 6.45) is 7.19. The first kappa shape index (κ1) is 50.5. The first-order valence-corrected chi connectivity index (χ1v) is 29.1. The first-order chi connectivity index (χ1) is 36.7. The fraction of sp³-hybridized carbons (Fsp3) is 0.325. The van der Waals surface area contributed by atoms with Crippen molar-refractivity contribution < 1.29 is 0 Å². The Kier molecular flexibility index (Phi) is 10.7. The number of anilines is 3. The van der Waals surface area contributed by atoms with Gasteiger partial charge in [0.1, 0.15) is 0 Å². The molecule has 8 aromatic carbocycles. The Bertz CT molecular complexity index is 3880. The average Bonchev–Trinajstić information content (AvgIpc) is 4.24. The van der Waals surface area contributed by atoms with E-state index in [-0.39, 0.29) is 32.5 Å². The van der Waals surface area contributed by atoms with Gasteiger partial charge in [0, 0.05) is 27.9 Å². The van der Waals surface area contributed by atoms with E-state index in [1.54, 1.807) is 0 Å². The summed E-state index contributed by atoms with van der Waals surface area (Å²) in [5, 5.41) is 0. The molecule has 0 heterocycles. The van der Waals surface area contributed by atoms with Crippen molar-refractivity contribution in [3.8, 4) is 44.5 Å². The second-order valence-electron chi connectivity index (χ2n) is 28.9. The van der Waals surface area contributed by atoms with E-state index in [2.05, 4.69) is 279 Å². The zero-order chi connectivity index (χ0) is 55.0. The predicted octanol–water partition coefficient (Wildman–Crippen LogP) is 21.1. The minimum absolute atomic E-state index is 0.0380. The third kappa shape index (κ3) is 7.24. The quantitative estimate of drug-likeness (QED) is 0.170. The minimum Gasteiger partial charge on any atom is -0.310 e. The molecule has 0 atom stereocenters. The summed E-state index contributed by atoms with van der Waals surface area (Å²) in [6, 6.07) is 60.9. The van der Waals surface area contributed by atoms with Crippen LogP contribution in [0.3, 0.4) is 0 Å². The highest BCUT2D eigenvalue weighted by Gasteiger charge is 2.54. The Morgan fingerprint density at radius 2 is 0.795 bits per heavy atom. The van der Waals surface area contributed by atoms with E-state index in [1.807, 2.05) is 0 Å². The molecule has 8 aromatic rings. The molecule has 0 radical (unpaired) electrons. The van der Waals surface area contributed by atoms with Crippen LogP contribution in [0.4, 0.5) is 17.1 Å². The molecule has 0 fully saturated rings. The Labute approximate surface area is 467 Å². The molecular formula is C77H79N. The van der Waals surface area contributed by atoms with Crippen LogP contribution in [-0.2, 0) is 37.9 Å².